The first-order chi connectivity index (χ1) is 14.7. The molecule has 1 amide bonds. The second-order valence-corrected chi connectivity index (χ2v) is 8.12. The van der Waals surface area contributed by atoms with Crippen molar-refractivity contribution in [1.29, 1.82) is 0 Å². The lowest BCUT2D eigenvalue weighted by atomic mass is 10.2. The number of hydrogen-bond acceptors (Lipinski definition) is 8. The van der Waals surface area contributed by atoms with Gasteiger partial charge in [-0.3, -0.25) is 9.69 Å². The summed E-state index contributed by atoms with van der Waals surface area (Å²) in [6.07, 6.45) is 1.50. The molecule has 0 unspecified atom stereocenters. The van der Waals surface area contributed by atoms with Crippen LogP contribution >= 0.6 is 11.3 Å². The third-order valence-corrected chi connectivity index (χ3v) is 5.96. The molecule has 4 aromatic rings. The Morgan fingerprint density at radius 3 is 2.63 bits per heavy atom. The summed E-state index contributed by atoms with van der Waals surface area (Å²) in [5.74, 6) is 2.35. The van der Waals surface area contributed by atoms with Gasteiger partial charge in [0.05, 0.1) is 15.9 Å². The van der Waals surface area contributed by atoms with Crippen LogP contribution in [0.25, 0.3) is 21.7 Å². The highest BCUT2D eigenvalue weighted by Crippen LogP contribution is 2.30. The van der Waals surface area contributed by atoms with Crippen molar-refractivity contribution in [3.8, 4) is 10.7 Å². The summed E-state index contributed by atoms with van der Waals surface area (Å²) in [6, 6.07) is 11.6. The molecule has 0 fully saturated rings. The number of fused-ring (bicyclic) bond motifs is 2. The number of aromatic nitrogens is 4. The van der Waals surface area contributed by atoms with Crippen molar-refractivity contribution in [1.82, 2.24) is 20.1 Å². The van der Waals surface area contributed by atoms with Gasteiger partial charge in [0.25, 0.3) is 0 Å². The first-order valence-corrected chi connectivity index (χ1v) is 10.7. The van der Waals surface area contributed by atoms with Gasteiger partial charge in [-0.2, -0.15) is 4.98 Å². The number of benzene rings is 1. The zero-order chi connectivity index (χ0) is 20.5. The zero-order valence-corrected chi connectivity index (χ0v) is 17.3. The first-order valence-electron chi connectivity index (χ1n) is 9.84. The van der Waals surface area contributed by atoms with E-state index in [1.807, 2.05) is 48.8 Å². The largest absolute Gasteiger partial charge is 0.357 e. The quantitative estimate of drug-likeness (QED) is 0.499. The lowest BCUT2D eigenvalue weighted by Crippen LogP contribution is -2.32. The maximum atomic E-state index is 13.1. The molecule has 0 spiro atoms. The predicted molar refractivity (Wildman–Crippen MR) is 116 cm³/mol. The topological polar surface area (TPSA) is 88.2 Å². The molecule has 1 aliphatic rings. The molecule has 30 heavy (non-hydrogen) atoms. The monoisotopic (exact) mass is 420 g/mol. The van der Waals surface area contributed by atoms with E-state index in [9.17, 15) is 4.79 Å². The van der Waals surface area contributed by atoms with E-state index >= 15 is 0 Å². The Morgan fingerprint density at radius 1 is 1.07 bits per heavy atom. The average molecular weight is 420 g/mol. The van der Waals surface area contributed by atoms with Crippen LogP contribution in [0.1, 0.15) is 18.7 Å². The fourth-order valence-electron chi connectivity index (χ4n) is 3.55. The van der Waals surface area contributed by atoms with E-state index in [4.69, 9.17) is 14.5 Å². The van der Waals surface area contributed by atoms with Crippen LogP contribution in [0.15, 0.2) is 46.3 Å². The summed E-state index contributed by atoms with van der Waals surface area (Å²) >= 11 is 1.55. The second-order valence-electron chi connectivity index (χ2n) is 7.17. The van der Waals surface area contributed by atoms with E-state index in [0.29, 0.717) is 30.5 Å². The molecule has 0 aliphatic carbocycles. The average Bonchev–Trinajstić information content (AvgIpc) is 3.43. The van der Waals surface area contributed by atoms with Gasteiger partial charge >= 0.3 is 0 Å². The summed E-state index contributed by atoms with van der Waals surface area (Å²) in [5.41, 5.74) is 1.60. The van der Waals surface area contributed by atoms with Gasteiger partial charge in [-0.15, -0.1) is 11.3 Å². The SMILES string of the molecule is CN1CCCN(C(=O)CCc2nc(-c3cccs3)no2)c2nc3ccccc3nc21. The van der Waals surface area contributed by atoms with Gasteiger partial charge in [-0.1, -0.05) is 23.4 Å². The van der Waals surface area contributed by atoms with Crippen molar-refractivity contribution >= 4 is 39.9 Å². The Bertz CT molecular complexity index is 1190. The Balaban J connectivity index is 1.38. The number of anilines is 2. The fourth-order valence-corrected chi connectivity index (χ4v) is 4.20. The lowest BCUT2D eigenvalue weighted by Gasteiger charge is -2.22. The predicted octanol–water partition coefficient (Wildman–Crippen LogP) is 3.55. The number of rotatable bonds is 4. The smallest absolute Gasteiger partial charge is 0.228 e. The first kappa shape index (κ1) is 18.7. The summed E-state index contributed by atoms with van der Waals surface area (Å²) in [5, 5.41) is 5.98. The van der Waals surface area contributed by atoms with E-state index in [1.54, 1.807) is 16.2 Å². The minimum Gasteiger partial charge on any atom is -0.357 e. The van der Waals surface area contributed by atoms with Crippen LogP contribution in [0, 0.1) is 0 Å². The minimum absolute atomic E-state index is 0.0213. The standard InChI is InChI=1S/C21H20N6O2S/c1-26-11-5-12-27(21-20(26)22-14-6-2-3-7-15(14)23-21)18(28)10-9-17-24-19(25-29-17)16-8-4-13-30-16/h2-4,6-8,13H,5,9-12H2,1H3. The molecule has 0 bridgehead atoms. The highest BCUT2D eigenvalue weighted by atomic mass is 32.1. The van der Waals surface area contributed by atoms with Gasteiger partial charge in [-0.25, -0.2) is 9.97 Å². The van der Waals surface area contributed by atoms with Crippen molar-refractivity contribution in [2.45, 2.75) is 19.3 Å². The van der Waals surface area contributed by atoms with Crippen LogP contribution < -0.4 is 9.80 Å². The molecular weight excluding hydrogens is 400 g/mol. The van der Waals surface area contributed by atoms with Crippen LogP contribution in [0.4, 0.5) is 11.6 Å². The van der Waals surface area contributed by atoms with Crippen molar-refractivity contribution in [3.63, 3.8) is 0 Å². The maximum Gasteiger partial charge on any atom is 0.228 e. The normalized spacial score (nSPS) is 14.0. The molecule has 3 aromatic heterocycles. The van der Waals surface area contributed by atoms with Crippen LogP contribution in [0.3, 0.4) is 0 Å². The number of carbonyl (C=O) groups is 1. The number of amides is 1. The molecule has 4 heterocycles. The molecule has 1 aromatic carbocycles. The Hall–Kier alpha value is -3.33. The molecule has 9 heteroatoms. The Kier molecular flexibility index (Phi) is 4.88. The highest BCUT2D eigenvalue weighted by molar-refractivity contribution is 7.13. The second kappa shape index (κ2) is 7.83. The summed E-state index contributed by atoms with van der Waals surface area (Å²) < 4.78 is 5.33. The van der Waals surface area contributed by atoms with E-state index in [-0.39, 0.29) is 12.3 Å². The molecular formula is C21H20N6O2S. The summed E-state index contributed by atoms with van der Waals surface area (Å²) in [7, 11) is 1.99. The maximum absolute atomic E-state index is 13.1. The van der Waals surface area contributed by atoms with Gasteiger partial charge in [0.1, 0.15) is 0 Å². The lowest BCUT2D eigenvalue weighted by molar-refractivity contribution is -0.118. The van der Waals surface area contributed by atoms with Gasteiger partial charge in [0, 0.05) is 33.0 Å². The van der Waals surface area contributed by atoms with E-state index in [2.05, 4.69) is 15.0 Å². The number of aryl methyl sites for hydroxylation is 1. The summed E-state index contributed by atoms with van der Waals surface area (Å²) in [4.78, 5) is 31.8. The third-order valence-electron chi connectivity index (χ3n) is 5.09. The van der Waals surface area contributed by atoms with Crippen LogP contribution in [0.2, 0.25) is 0 Å². The highest BCUT2D eigenvalue weighted by Gasteiger charge is 2.27. The number of thiophene rings is 1. The molecule has 0 radical (unpaired) electrons. The molecule has 1 aliphatic heterocycles. The van der Waals surface area contributed by atoms with Gasteiger partial charge in [0.2, 0.25) is 17.6 Å². The molecule has 0 saturated carbocycles. The van der Waals surface area contributed by atoms with Crippen LogP contribution in [0.5, 0.6) is 0 Å². The van der Waals surface area contributed by atoms with E-state index < -0.39 is 0 Å². The van der Waals surface area contributed by atoms with Crippen molar-refractivity contribution in [3.05, 3.63) is 47.7 Å². The molecule has 5 rings (SSSR count). The fraction of sp³-hybridized carbons (Fsp3) is 0.286. The number of nitrogens with zero attached hydrogens (tertiary/aromatic N) is 6. The Labute approximate surface area is 177 Å². The number of para-hydroxylation sites is 2. The minimum atomic E-state index is -0.0213. The number of hydrogen-bond donors (Lipinski definition) is 0. The van der Waals surface area contributed by atoms with Crippen molar-refractivity contribution < 1.29 is 9.32 Å². The van der Waals surface area contributed by atoms with E-state index in [1.165, 1.54) is 0 Å². The molecule has 0 N–H and O–H groups in total. The van der Waals surface area contributed by atoms with Gasteiger partial charge in [-0.05, 0) is 30.0 Å². The van der Waals surface area contributed by atoms with Crippen LogP contribution in [-0.2, 0) is 11.2 Å². The molecule has 0 saturated heterocycles. The zero-order valence-electron chi connectivity index (χ0n) is 16.5. The van der Waals surface area contributed by atoms with Gasteiger partial charge < -0.3 is 9.42 Å². The van der Waals surface area contributed by atoms with Crippen molar-refractivity contribution in [2.24, 2.45) is 0 Å². The summed E-state index contributed by atoms with van der Waals surface area (Å²) in [6.45, 7) is 1.42. The van der Waals surface area contributed by atoms with Crippen LogP contribution in [-0.4, -0.2) is 46.2 Å². The molecule has 152 valence electrons. The van der Waals surface area contributed by atoms with Crippen molar-refractivity contribution in [2.75, 3.05) is 29.9 Å². The Morgan fingerprint density at radius 2 is 1.87 bits per heavy atom. The number of carbonyl (C=O) groups excluding carboxylic acids is 1. The molecule has 0 atom stereocenters. The van der Waals surface area contributed by atoms with Gasteiger partial charge in [0.15, 0.2) is 11.6 Å². The molecule has 8 nitrogen and oxygen atoms in total. The third kappa shape index (κ3) is 3.52. The van der Waals surface area contributed by atoms with E-state index in [0.717, 1.165) is 34.7 Å².